The molecule has 0 unspecified atom stereocenters. The Balaban J connectivity index is 1.89. The van der Waals surface area contributed by atoms with Crippen LogP contribution >= 0.6 is 11.6 Å². The summed E-state index contributed by atoms with van der Waals surface area (Å²) in [6.07, 6.45) is 2.02. The number of hydrogen-bond donors (Lipinski definition) is 2. The molecule has 1 aromatic carbocycles. The van der Waals surface area contributed by atoms with Gasteiger partial charge in [-0.15, -0.1) is 0 Å². The van der Waals surface area contributed by atoms with Crippen LogP contribution in [-0.2, 0) is 13.0 Å². The van der Waals surface area contributed by atoms with Crippen molar-refractivity contribution in [1.29, 1.82) is 0 Å². The number of halogens is 1. The lowest BCUT2D eigenvalue weighted by Crippen LogP contribution is -2.07. The predicted octanol–water partition coefficient (Wildman–Crippen LogP) is 3.26. The van der Waals surface area contributed by atoms with E-state index in [1.165, 1.54) is 10.6 Å². The summed E-state index contributed by atoms with van der Waals surface area (Å²) in [4.78, 5) is 20.1. The van der Waals surface area contributed by atoms with Gasteiger partial charge in [-0.2, -0.15) is 4.98 Å². The molecule has 2 aromatic heterocycles. The molecule has 0 aliphatic carbocycles. The predicted molar refractivity (Wildman–Crippen MR) is 94.7 cm³/mol. The van der Waals surface area contributed by atoms with Crippen molar-refractivity contribution in [3.63, 3.8) is 0 Å². The molecule has 3 aromatic rings. The fourth-order valence-corrected chi connectivity index (χ4v) is 2.73. The van der Waals surface area contributed by atoms with Gasteiger partial charge in [0.2, 0.25) is 5.78 Å². The number of aromatic nitrogens is 3. The number of aryl methyl sites for hydroxylation is 1. The van der Waals surface area contributed by atoms with Crippen LogP contribution in [-0.4, -0.2) is 32.6 Å². The zero-order chi connectivity index (χ0) is 18.0. The van der Waals surface area contributed by atoms with E-state index in [9.17, 15) is 9.90 Å². The lowest BCUT2D eigenvalue weighted by Gasteiger charge is -2.09. The number of benzene rings is 1. The zero-order valence-electron chi connectivity index (χ0n) is 13.8. The van der Waals surface area contributed by atoms with Gasteiger partial charge in [-0.05, 0) is 24.1 Å². The zero-order valence-corrected chi connectivity index (χ0v) is 14.5. The van der Waals surface area contributed by atoms with Crippen LogP contribution in [0.25, 0.3) is 5.78 Å². The number of ether oxygens (including phenoxy) is 1. The summed E-state index contributed by atoms with van der Waals surface area (Å²) in [6, 6.07) is 7.62. The van der Waals surface area contributed by atoms with Gasteiger partial charge in [0, 0.05) is 12.7 Å². The monoisotopic (exact) mass is 360 g/mol. The number of aromatic carboxylic acids is 1. The van der Waals surface area contributed by atoms with E-state index in [0.29, 0.717) is 35.3 Å². The lowest BCUT2D eigenvalue weighted by atomic mass is 10.2. The van der Waals surface area contributed by atoms with Crippen molar-refractivity contribution < 1.29 is 14.6 Å². The third-order valence-corrected chi connectivity index (χ3v) is 4.08. The number of imidazole rings is 1. The fourth-order valence-electron chi connectivity index (χ4n) is 2.52. The van der Waals surface area contributed by atoms with Gasteiger partial charge in [-0.1, -0.05) is 30.7 Å². The summed E-state index contributed by atoms with van der Waals surface area (Å²) < 4.78 is 6.53. The molecule has 0 fully saturated rings. The fraction of sp³-hybridized carbons (Fsp3) is 0.235. The van der Waals surface area contributed by atoms with E-state index in [1.807, 2.05) is 31.2 Å². The maximum Gasteiger partial charge on any atom is 0.354 e. The molecule has 0 aliphatic heterocycles. The van der Waals surface area contributed by atoms with Crippen molar-refractivity contribution in [1.82, 2.24) is 14.4 Å². The van der Waals surface area contributed by atoms with Crippen LogP contribution < -0.4 is 10.1 Å². The van der Waals surface area contributed by atoms with E-state index >= 15 is 0 Å². The van der Waals surface area contributed by atoms with Crippen LogP contribution in [0.5, 0.6) is 5.75 Å². The molecule has 130 valence electrons. The molecule has 25 heavy (non-hydrogen) atoms. The first kappa shape index (κ1) is 17.0. The van der Waals surface area contributed by atoms with Crippen molar-refractivity contribution in [3.05, 3.63) is 52.4 Å². The highest BCUT2D eigenvalue weighted by atomic mass is 35.5. The highest BCUT2D eigenvalue weighted by Crippen LogP contribution is 2.23. The third-order valence-electron chi connectivity index (χ3n) is 3.80. The first-order valence-corrected chi connectivity index (χ1v) is 8.08. The normalized spacial score (nSPS) is 10.8. The van der Waals surface area contributed by atoms with Gasteiger partial charge in [0.1, 0.15) is 5.75 Å². The number of methoxy groups -OCH3 is 1. The van der Waals surface area contributed by atoms with Gasteiger partial charge < -0.3 is 15.2 Å². The molecule has 7 nitrogen and oxygen atoms in total. The molecular formula is C17H17ClN4O3. The molecule has 0 aliphatic rings. The number of anilines is 1. The van der Waals surface area contributed by atoms with E-state index in [1.54, 1.807) is 7.11 Å². The molecule has 0 saturated heterocycles. The lowest BCUT2D eigenvalue weighted by molar-refractivity contribution is 0.0688. The van der Waals surface area contributed by atoms with Gasteiger partial charge in [0.05, 0.1) is 17.8 Å². The quantitative estimate of drug-likeness (QED) is 0.701. The maximum absolute atomic E-state index is 11.5. The van der Waals surface area contributed by atoms with E-state index in [2.05, 4.69) is 15.3 Å². The minimum Gasteiger partial charge on any atom is -0.497 e. The van der Waals surface area contributed by atoms with Gasteiger partial charge in [0.25, 0.3) is 0 Å². The van der Waals surface area contributed by atoms with Gasteiger partial charge in [0.15, 0.2) is 11.5 Å². The van der Waals surface area contributed by atoms with Crippen LogP contribution in [0, 0.1) is 0 Å². The Hall–Kier alpha value is -2.80. The van der Waals surface area contributed by atoms with Crippen LogP contribution in [0.3, 0.4) is 0 Å². The van der Waals surface area contributed by atoms with Crippen LogP contribution in [0.15, 0.2) is 30.5 Å². The molecule has 0 spiro atoms. The van der Waals surface area contributed by atoms with Crippen molar-refractivity contribution in [3.8, 4) is 5.75 Å². The molecule has 2 N–H and O–H groups in total. The second kappa shape index (κ2) is 6.98. The van der Waals surface area contributed by atoms with Gasteiger partial charge >= 0.3 is 5.97 Å². The summed E-state index contributed by atoms with van der Waals surface area (Å²) in [5.41, 5.74) is 1.60. The molecule has 3 rings (SSSR count). The summed E-state index contributed by atoms with van der Waals surface area (Å²) in [6.45, 7) is 2.36. The summed E-state index contributed by atoms with van der Waals surface area (Å²) in [7, 11) is 1.62. The maximum atomic E-state index is 11.5. The van der Waals surface area contributed by atoms with Crippen molar-refractivity contribution in [2.24, 2.45) is 0 Å². The van der Waals surface area contributed by atoms with Gasteiger partial charge in [-0.3, -0.25) is 4.40 Å². The second-order valence-electron chi connectivity index (χ2n) is 5.37. The van der Waals surface area contributed by atoms with Crippen molar-refractivity contribution in [2.75, 3.05) is 12.4 Å². The second-order valence-corrected chi connectivity index (χ2v) is 5.78. The van der Waals surface area contributed by atoms with E-state index < -0.39 is 5.97 Å². The third kappa shape index (κ3) is 3.36. The smallest absolute Gasteiger partial charge is 0.354 e. The minimum atomic E-state index is -1.05. The Bertz CT molecular complexity index is 922. The average molecular weight is 361 g/mol. The van der Waals surface area contributed by atoms with Crippen LogP contribution in [0.4, 0.5) is 5.82 Å². The molecule has 0 saturated carbocycles. The summed E-state index contributed by atoms with van der Waals surface area (Å²) in [5, 5.41) is 12.9. The number of nitrogens with zero attached hydrogens (tertiary/aromatic N) is 3. The van der Waals surface area contributed by atoms with Crippen molar-refractivity contribution >= 4 is 29.2 Å². The largest absolute Gasteiger partial charge is 0.497 e. The Morgan fingerprint density at radius 2 is 2.04 bits per heavy atom. The molecule has 2 heterocycles. The molecular weight excluding hydrogens is 344 g/mol. The molecule has 0 radical (unpaired) electrons. The number of fused-ring (bicyclic) bond motifs is 1. The number of carboxylic acids is 1. The van der Waals surface area contributed by atoms with E-state index in [-0.39, 0.29) is 5.69 Å². The van der Waals surface area contributed by atoms with Crippen molar-refractivity contribution in [2.45, 2.75) is 19.9 Å². The van der Waals surface area contributed by atoms with E-state index in [4.69, 9.17) is 16.3 Å². The highest BCUT2D eigenvalue weighted by Gasteiger charge is 2.19. The number of carboxylic acid groups (broad SMARTS) is 1. The minimum absolute atomic E-state index is 0.0913. The Morgan fingerprint density at radius 1 is 1.32 bits per heavy atom. The summed E-state index contributed by atoms with van der Waals surface area (Å²) >= 11 is 6.26. The highest BCUT2D eigenvalue weighted by molar-refractivity contribution is 6.32. The number of carbonyl (C=O) groups is 1. The first-order chi connectivity index (χ1) is 12.0. The average Bonchev–Trinajstić information content (AvgIpc) is 2.97. The number of hydrogen-bond acceptors (Lipinski definition) is 5. The Morgan fingerprint density at radius 3 is 2.64 bits per heavy atom. The standard InChI is InChI=1S/C17H17ClN4O3/c1-3-13-14(16(23)24)22-9-12(18)15(21-17(22)20-13)19-8-10-4-6-11(25-2)7-5-10/h4-7,9H,3,8H2,1-2H3,(H,23,24)(H,19,20,21). The van der Waals surface area contributed by atoms with Crippen LogP contribution in [0.1, 0.15) is 28.7 Å². The van der Waals surface area contributed by atoms with E-state index in [0.717, 1.165) is 11.3 Å². The molecule has 0 bridgehead atoms. The topological polar surface area (TPSA) is 88.8 Å². The molecule has 0 amide bonds. The number of rotatable bonds is 6. The molecule has 0 atom stereocenters. The molecule has 8 heteroatoms. The Kier molecular flexibility index (Phi) is 4.76. The number of nitrogens with one attached hydrogen (secondary N) is 1. The first-order valence-electron chi connectivity index (χ1n) is 7.71. The Labute approximate surface area is 149 Å². The SMILES string of the molecule is CCc1nc2nc(NCc3ccc(OC)cc3)c(Cl)cn2c1C(=O)O. The van der Waals surface area contributed by atoms with Gasteiger partial charge in [-0.25, -0.2) is 9.78 Å². The van der Waals surface area contributed by atoms with Crippen LogP contribution in [0.2, 0.25) is 5.02 Å². The summed E-state index contributed by atoms with van der Waals surface area (Å²) in [5.74, 6) is 0.485.